The molecule has 0 fully saturated rings. The molecule has 96 valence electrons. The number of benzene rings is 2. The zero-order valence-electron chi connectivity index (χ0n) is 9.94. The number of anilines is 1. The Morgan fingerprint density at radius 3 is 2.74 bits per heavy atom. The summed E-state index contributed by atoms with van der Waals surface area (Å²) in [6, 6.07) is 11.4. The first-order valence-electron chi connectivity index (χ1n) is 5.74. The number of rotatable bonds is 2. The lowest BCUT2D eigenvalue weighted by Gasteiger charge is -2.09. The third kappa shape index (κ3) is 2.22. The average molecular weight is 258 g/mol. The van der Waals surface area contributed by atoms with E-state index in [1.165, 1.54) is 6.07 Å². The van der Waals surface area contributed by atoms with Gasteiger partial charge >= 0.3 is 0 Å². The van der Waals surface area contributed by atoms with E-state index < -0.39 is 5.82 Å². The van der Waals surface area contributed by atoms with Crippen LogP contribution in [0.2, 0.25) is 0 Å². The average Bonchev–Trinajstić information content (AvgIpc) is 2.88. The SMILES string of the molecule is N=C(Nc1ccccc1F)c1ccc2c(c1)OCO2. The van der Waals surface area contributed by atoms with E-state index in [0.717, 1.165) is 0 Å². The minimum atomic E-state index is -0.395. The topological polar surface area (TPSA) is 54.3 Å². The van der Waals surface area contributed by atoms with Crippen molar-refractivity contribution in [1.82, 2.24) is 0 Å². The molecule has 0 atom stereocenters. The first-order valence-corrected chi connectivity index (χ1v) is 5.74. The molecular weight excluding hydrogens is 247 g/mol. The number of amidine groups is 1. The van der Waals surface area contributed by atoms with Gasteiger partial charge in [0.25, 0.3) is 0 Å². The summed E-state index contributed by atoms with van der Waals surface area (Å²) in [7, 11) is 0. The highest BCUT2D eigenvalue weighted by Gasteiger charge is 2.15. The van der Waals surface area contributed by atoms with Crippen LogP contribution in [0, 0.1) is 11.2 Å². The van der Waals surface area contributed by atoms with Crippen LogP contribution in [-0.4, -0.2) is 12.6 Å². The number of hydrogen-bond donors (Lipinski definition) is 2. The molecular formula is C14H11FN2O2. The fraction of sp³-hybridized carbons (Fsp3) is 0.0714. The Kier molecular flexibility index (Phi) is 2.79. The van der Waals surface area contributed by atoms with Crippen molar-refractivity contribution >= 4 is 11.5 Å². The van der Waals surface area contributed by atoms with Gasteiger partial charge in [-0.2, -0.15) is 0 Å². The number of para-hydroxylation sites is 1. The summed E-state index contributed by atoms with van der Waals surface area (Å²) in [5.74, 6) is 0.955. The molecule has 2 N–H and O–H groups in total. The van der Waals surface area contributed by atoms with Gasteiger partial charge in [0.15, 0.2) is 11.5 Å². The third-order valence-corrected chi connectivity index (χ3v) is 2.79. The molecule has 1 heterocycles. The molecule has 1 aliphatic rings. The van der Waals surface area contributed by atoms with Gasteiger partial charge in [-0.1, -0.05) is 12.1 Å². The van der Waals surface area contributed by atoms with Gasteiger partial charge in [0.05, 0.1) is 5.69 Å². The van der Waals surface area contributed by atoms with Crippen LogP contribution in [0.5, 0.6) is 11.5 Å². The Bertz CT molecular complexity index is 643. The minimum Gasteiger partial charge on any atom is -0.454 e. The molecule has 0 bridgehead atoms. The molecule has 5 heteroatoms. The monoisotopic (exact) mass is 258 g/mol. The highest BCUT2D eigenvalue weighted by molar-refractivity contribution is 6.06. The van der Waals surface area contributed by atoms with E-state index in [0.29, 0.717) is 17.1 Å². The van der Waals surface area contributed by atoms with Crippen molar-refractivity contribution in [3.63, 3.8) is 0 Å². The van der Waals surface area contributed by atoms with E-state index in [1.807, 2.05) is 0 Å². The number of fused-ring (bicyclic) bond motifs is 1. The van der Waals surface area contributed by atoms with Gasteiger partial charge in [-0.05, 0) is 30.3 Å². The van der Waals surface area contributed by atoms with Crippen LogP contribution in [-0.2, 0) is 0 Å². The maximum Gasteiger partial charge on any atom is 0.231 e. The van der Waals surface area contributed by atoms with E-state index in [1.54, 1.807) is 36.4 Å². The molecule has 2 aromatic carbocycles. The van der Waals surface area contributed by atoms with Crippen LogP contribution in [0.1, 0.15) is 5.56 Å². The Balaban J connectivity index is 1.83. The maximum atomic E-state index is 13.5. The molecule has 4 nitrogen and oxygen atoms in total. The Morgan fingerprint density at radius 1 is 1.11 bits per heavy atom. The first-order chi connectivity index (χ1) is 9.24. The zero-order valence-corrected chi connectivity index (χ0v) is 9.94. The summed E-state index contributed by atoms with van der Waals surface area (Å²) in [4.78, 5) is 0. The molecule has 0 aliphatic carbocycles. The lowest BCUT2D eigenvalue weighted by molar-refractivity contribution is 0.174. The second-order valence-electron chi connectivity index (χ2n) is 4.05. The van der Waals surface area contributed by atoms with Crippen molar-refractivity contribution in [2.45, 2.75) is 0 Å². The lowest BCUT2D eigenvalue weighted by atomic mass is 10.1. The molecule has 0 saturated heterocycles. The predicted octanol–water partition coefficient (Wildman–Crippen LogP) is 2.99. The maximum absolute atomic E-state index is 13.5. The summed E-state index contributed by atoms with van der Waals surface area (Å²) in [6.45, 7) is 0.187. The summed E-state index contributed by atoms with van der Waals surface area (Å²) in [5.41, 5.74) is 0.873. The quantitative estimate of drug-likeness (QED) is 0.643. The van der Waals surface area contributed by atoms with Crippen molar-refractivity contribution in [2.75, 3.05) is 12.1 Å². The van der Waals surface area contributed by atoms with Crippen LogP contribution < -0.4 is 14.8 Å². The molecule has 0 aromatic heterocycles. The summed E-state index contributed by atoms with van der Waals surface area (Å²) >= 11 is 0. The molecule has 0 unspecified atom stereocenters. The molecule has 0 saturated carbocycles. The molecule has 0 amide bonds. The minimum absolute atomic E-state index is 0.100. The van der Waals surface area contributed by atoms with E-state index in [9.17, 15) is 4.39 Å². The summed E-state index contributed by atoms with van der Waals surface area (Å²) in [5, 5.41) is 10.7. The van der Waals surface area contributed by atoms with Crippen LogP contribution in [0.3, 0.4) is 0 Å². The van der Waals surface area contributed by atoms with Crippen LogP contribution >= 0.6 is 0 Å². The molecule has 0 spiro atoms. The van der Waals surface area contributed by atoms with E-state index in [-0.39, 0.29) is 18.3 Å². The van der Waals surface area contributed by atoms with Gasteiger partial charge in [-0.25, -0.2) is 4.39 Å². The van der Waals surface area contributed by atoms with Crippen molar-refractivity contribution in [3.05, 3.63) is 53.8 Å². The molecule has 19 heavy (non-hydrogen) atoms. The lowest BCUT2D eigenvalue weighted by Crippen LogP contribution is -2.12. The largest absolute Gasteiger partial charge is 0.454 e. The van der Waals surface area contributed by atoms with Crippen LogP contribution in [0.25, 0.3) is 0 Å². The number of nitrogens with one attached hydrogen (secondary N) is 2. The van der Waals surface area contributed by atoms with Gasteiger partial charge in [0, 0.05) is 5.56 Å². The van der Waals surface area contributed by atoms with E-state index in [2.05, 4.69) is 5.32 Å². The van der Waals surface area contributed by atoms with Gasteiger partial charge in [0.1, 0.15) is 11.7 Å². The number of hydrogen-bond acceptors (Lipinski definition) is 3. The molecule has 1 aliphatic heterocycles. The van der Waals surface area contributed by atoms with Gasteiger partial charge in [-0.3, -0.25) is 5.41 Å². The third-order valence-electron chi connectivity index (χ3n) is 2.79. The van der Waals surface area contributed by atoms with E-state index in [4.69, 9.17) is 14.9 Å². The standard InChI is InChI=1S/C14H11FN2O2/c15-10-3-1-2-4-11(10)17-14(16)9-5-6-12-13(7-9)19-8-18-12/h1-7H,8H2,(H2,16,17). The van der Waals surface area contributed by atoms with E-state index >= 15 is 0 Å². The fourth-order valence-corrected chi connectivity index (χ4v) is 1.82. The number of ether oxygens (including phenoxy) is 2. The van der Waals surface area contributed by atoms with Gasteiger partial charge < -0.3 is 14.8 Å². The highest BCUT2D eigenvalue weighted by Crippen LogP contribution is 2.32. The van der Waals surface area contributed by atoms with Crippen molar-refractivity contribution in [1.29, 1.82) is 5.41 Å². The highest BCUT2D eigenvalue weighted by atomic mass is 19.1. The predicted molar refractivity (Wildman–Crippen MR) is 69.4 cm³/mol. The fourth-order valence-electron chi connectivity index (χ4n) is 1.82. The van der Waals surface area contributed by atoms with Gasteiger partial charge in [0.2, 0.25) is 6.79 Å². The molecule has 2 aromatic rings. The molecule has 3 rings (SSSR count). The van der Waals surface area contributed by atoms with Crippen molar-refractivity contribution in [2.24, 2.45) is 0 Å². The first kappa shape index (κ1) is 11.5. The smallest absolute Gasteiger partial charge is 0.231 e. The van der Waals surface area contributed by atoms with Gasteiger partial charge in [-0.15, -0.1) is 0 Å². The Morgan fingerprint density at radius 2 is 1.89 bits per heavy atom. The van der Waals surface area contributed by atoms with Crippen LogP contribution in [0.15, 0.2) is 42.5 Å². The van der Waals surface area contributed by atoms with Crippen LogP contribution in [0.4, 0.5) is 10.1 Å². The summed E-state index contributed by atoms with van der Waals surface area (Å²) < 4.78 is 23.9. The zero-order chi connectivity index (χ0) is 13.2. The summed E-state index contributed by atoms with van der Waals surface area (Å²) in [6.07, 6.45) is 0. The molecule has 0 radical (unpaired) electrons. The second-order valence-corrected chi connectivity index (χ2v) is 4.05. The Labute approximate surface area is 109 Å². The second kappa shape index (κ2) is 4.61. The number of halogens is 1. The normalized spacial score (nSPS) is 12.3. The Hall–Kier alpha value is -2.56. The van der Waals surface area contributed by atoms with Crippen molar-refractivity contribution in [3.8, 4) is 11.5 Å². The van der Waals surface area contributed by atoms with Crippen molar-refractivity contribution < 1.29 is 13.9 Å².